The van der Waals surface area contributed by atoms with E-state index >= 15 is 0 Å². The van der Waals surface area contributed by atoms with E-state index in [2.05, 4.69) is 22.2 Å². The predicted molar refractivity (Wildman–Crippen MR) is 111 cm³/mol. The fraction of sp³-hybridized carbons (Fsp3) is 0.714. The Kier molecular flexibility index (Phi) is 5.57. The Hall–Kier alpha value is -2.42. The van der Waals surface area contributed by atoms with Crippen LogP contribution in [0, 0.1) is 0 Å². The number of nitrogens with one attached hydrogen (secondary N) is 1. The number of carbonyl (C=O) groups excluding carboxylic acids is 3. The van der Waals surface area contributed by atoms with E-state index in [0.717, 1.165) is 45.3 Å². The predicted octanol–water partition coefficient (Wildman–Crippen LogP) is 0.564. The molecule has 1 saturated heterocycles. The quantitative estimate of drug-likeness (QED) is 0.775. The number of fused-ring (bicyclic) bond motifs is 1. The summed E-state index contributed by atoms with van der Waals surface area (Å²) < 4.78 is 1.53. The van der Waals surface area contributed by atoms with Gasteiger partial charge in [-0.1, -0.05) is 19.8 Å². The maximum atomic E-state index is 13.1. The number of hydrogen-bond donors (Lipinski definition) is 1. The second kappa shape index (κ2) is 8.02. The zero-order valence-electron chi connectivity index (χ0n) is 18.2. The molecule has 4 rings (SSSR count). The van der Waals surface area contributed by atoms with Gasteiger partial charge in [0.05, 0.1) is 6.54 Å². The summed E-state index contributed by atoms with van der Waals surface area (Å²) in [6.07, 6.45) is 4.21. The van der Waals surface area contributed by atoms with Gasteiger partial charge in [-0.3, -0.25) is 19.1 Å². The monoisotopic (exact) mass is 416 g/mol. The first kappa shape index (κ1) is 20.8. The van der Waals surface area contributed by atoms with E-state index in [4.69, 9.17) is 0 Å². The van der Waals surface area contributed by atoms with Gasteiger partial charge in [-0.25, -0.2) is 0 Å². The van der Waals surface area contributed by atoms with Gasteiger partial charge in [0.1, 0.15) is 11.2 Å². The van der Waals surface area contributed by atoms with Gasteiger partial charge in [0.25, 0.3) is 11.8 Å². The summed E-state index contributed by atoms with van der Waals surface area (Å²) >= 11 is 0. The highest BCUT2D eigenvalue weighted by Crippen LogP contribution is 2.27. The lowest BCUT2D eigenvalue weighted by Crippen LogP contribution is -2.63. The summed E-state index contributed by atoms with van der Waals surface area (Å²) in [5.41, 5.74) is -0.400. The van der Waals surface area contributed by atoms with Gasteiger partial charge < -0.3 is 20.0 Å². The lowest BCUT2D eigenvalue weighted by molar-refractivity contribution is -0.133. The zero-order valence-corrected chi connectivity index (χ0v) is 18.2. The van der Waals surface area contributed by atoms with Crippen molar-refractivity contribution in [2.45, 2.75) is 57.7 Å². The molecular formula is C21H32N6O3. The van der Waals surface area contributed by atoms with Crippen molar-refractivity contribution in [3.8, 4) is 0 Å². The van der Waals surface area contributed by atoms with Crippen molar-refractivity contribution in [2.24, 2.45) is 0 Å². The molecule has 1 aliphatic carbocycles. The van der Waals surface area contributed by atoms with Crippen LogP contribution in [-0.4, -0.2) is 93.6 Å². The Bertz CT molecular complexity index is 838. The van der Waals surface area contributed by atoms with E-state index in [1.165, 1.54) is 9.58 Å². The van der Waals surface area contributed by atoms with Crippen molar-refractivity contribution in [1.82, 2.24) is 29.8 Å². The zero-order chi connectivity index (χ0) is 21.5. The highest BCUT2D eigenvalue weighted by molar-refractivity contribution is 6.01. The Labute approximate surface area is 177 Å². The summed E-state index contributed by atoms with van der Waals surface area (Å²) in [7, 11) is 1.65. The highest BCUT2D eigenvalue weighted by atomic mass is 16.2. The molecule has 2 aliphatic heterocycles. The molecule has 9 heteroatoms. The van der Waals surface area contributed by atoms with Crippen LogP contribution in [0.5, 0.6) is 0 Å². The lowest BCUT2D eigenvalue weighted by atomic mass is 9.95. The van der Waals surface area contributed by atoms with E-state index in [0.29, 0.717) is 18.8 Å². The summed E-state index contributed by atoms with van der Waals surface area (Å²) in [5, 5.41) is 7.55. The molecule has 1 atom stereocenters. The minimum absolute atomic E-state index is 0.153. The molecule has 1 saturated carbocycles. The molecule has 0 aromatic carbocycles. The number of hydrogen-bond acceptors (Lipinski definition) is 5. The summed E-state index contributed by atoms with van der Waals surface area (Å²) in [6, 6.07) is 1.75. The van der Waals surface area contributed by atoms with Gasteiger partial charge in [0.15, 0.2) is 5.69 Å². The fourth-order valence-corrected chi connectivity index (χ4v) is 4.67. The van der Waals surface area contributed by atoms with E-state index in [-0.39, 0.29) is 36.0 Å². The van der Waals surface area contributed by atoms with Crippen molar-refractivity contribution in [1.29, 1.82) is 0 Å². The van der Waals surface area contributed by atoms with Crippen molar-refractivity contribution in [3.63, 3.8) is 0 Å². The molecule has 0 spiro atoms. The van der Waals surface area contributed by atoms with Crippen LogP contribution < -0.4 is 5.32 Å². The first-order valence-corrected chi connectivity index (χ1v) is 11.0. The normalized spacial score (nSPS) is 25.5. The SMILES string of the molecule is CCN1CCN(C(=O)c2cc3n(n2)C[C@](C)(C(=O)NC2CCCC2)N(C)C3=O)CC1. The van der Waals surface area contributed by atoms with Crippen LogP contribution in [0.15, 0.2) is 6.07 Å². The molecule has 0 radical (unpaired) electrons. The van der Waals surface area contributed by atoms with Gasteiger partial charge >= 0.3 is 0 Å². The number of rotatable bonds is 4. The van der Waals surface area contributed by atoms with Crippen molar-refractivity contribution in [3.05, 3.63) is 17.5 Å². The molecule has 0 bridgehead atoms. The van der Waals surface area contributed by atoms with Crippen molar-refractivity contribution < 1.29 is 14.4 Å². The van der Waals surface area contributed by atoms with Crippen LogP contribution in [0.1, 0.15) is 60.5 Å². The smallest absolute Gasteiger partial charge is 0.274 e. The molecule has 0 unspecified atom stereocenters. The number of nitrogens with zero attached hydrogens (tertiary/aromatic N) is 5. The molecule has 3 heterocycles. The maximum absolute atomic E-state index is 13.1. The molecule has 9 nitrogen and oxygen atoms in total. The Morgan fingerprint density at radius 1 is 1.20 bits per heavy atom. The third kappa shape index (κ3) is 3.59. The van der Waals surface area contributed by atoms with Crippen LogP contribution in [0.25, 0.3) is 0 Å². The molecule has 1 aromatic heterocycles. The Morgan fingerprint density at radius 3 is 2.50 bits per heavy atom. The van der Waals surface area contributed by atoms with Crippen LogP contribution in [0.2, 0.25) is 0 Å². The summed E-state index contributed by atoms with van der Waals surface area (Å²) in [5.74, 6) is -0.595. The second-order valence-corrected chi connectivity index (χ2v) is 8.89. The highest BCUT2D eigenvalue weighted by Gasteiger charge is 2.47. The molecule has 3 amide bonds. The second-order valence-electron chi connectivity index (χ2n) is 8.89. The Balaban J connectivity index is 1.51. The molecular weight excluding hydrogens is 384 g/mol. The van der Waals surface area contributed by atoms with E-state index in [9.17, 15) is 14.4 Å². The first-order valence-electron chi connectivity index (χ1n) is 11.0. The van der Waals surface area contributed by atoms with Crippen molar-refractivity contribution >= 4 is 17.7 Å². The van der Waals surface area contributed by atoms with Gasteiger partial charge in [0.2, 0.25) is 5.91 Å². The van der Waals surface area contributed by atoms with Gasteiger partial charge in [-0.15, -0.1) is 0 Å². The van der Waals surface area contributed by atoms with Gasteiger partial charge in [-0.2, -0.15) is 5.10 Å². The lowest BCUT2D eigenvalue weighted by Gasteiger charge is -2.41. The molecule has 1 aromatic rings. The van der Waals surface area contributed by atoms with E-state index in [1.807, 2.05) is 0 Å². The van der Waals surface area contributed by atoms with Crippen LogP contribution >= 0.6 is 0 Å². The van der Waals surface area contributed by atoms with Crippen LogP contribution in [0.3, 0.4) is 0 Å². The minimum Gasteiger partial charge on any atom is -0.351 e. The molecule has 1 N–H and O–H groups in total. The largest absolute Gasteiger partial charge is 0.351 e. The fourth-order valence-electron chi connectivity index (χ4n) is 4.67. The number of likely N-dealkylation sites (N-methyl/N-ethyl adjacent to an activating group) is 2. The van der Waals surface area contributed by atoms with Gasteiger partial charge in [-0.05, 0) is 26.3 Å². The summed E-state index contributed by atoms with van der Waals surface area (Å²) in [4.78, 5) is 44.6. The van der Waals surface area contributed by atoms with Crippen LogP contribution in [-0.2, 0) is 11.3 Å². The van der Waals surface area contributed by atoms with Crippen molar-refractivity contribution in [2.75, 3.05) is 39.8 Å². The third-order valence-corrected chi connectivity index (χ3v) is 7.01. The first-order chi connectivity index (χ1) is 14.3. The average Bonchev–Trinajstić information content (AvgIpc) is 3.41. The maximum Gasteiger partial charge on any atom is 0.274 e. The minimum atomic E-state index is -1.04. The topological polar surface area (TPSA) is 90.8 Å². The average molecular weight is 417 g/mol. The van der Waals surface area contributed by atoms with Gasteiger partial charge in [0, 0.05) is 45.3 Å². The van der Waals surface area contributed by atoms with E-state index < -0.39 is 5.54 Å². The number of carbonyl (C=O) groups is 3. The third-order valence-electron chi connectivity index (χ3n) is 7.01. The molecule has 3 aliphatic rings. The standard InChI is InChI=1S/C21H32N6O3/c1-4-25-9-11-26(12-10-25)18(28)16-13-17-19(29)24(3)21(2,14-27(17)23-16)20(30)22-15-7-5-6-8-15/h13,15H,4-12,14H2,1-3H3,(H,22,30)/t21-/m1/s1. The van der Waals surface area contributed by atoms with Crippen LogP contribution in [0.4, 0.5) is 0 Å². The number of aromatic nitrogens is 2. The summed E-state index contributed by atoms with van der Waals surface area (Å²) in [6.45, 7) is 8.10. The molecule has 2 fully saturated rings. The molecule has 164 valence electrons. The molecule has 30 heavy (non-hydrogen) atoms. The van der Waals surface area contributed by atoms with E-state index in [1.54, 1.807) is 24.9 Å². The number of amides is 3. The number of piperazine rings is 1. The Morgan fingerprint density at radius 2 is 1.87 bits per heavy atom.